The minimum absolute atomic E-state index is 0.274. The first-order chi connectivity index (χ1) is 33.1. The van der Waals surface area contributed by atoms with Crippen molar-refractivity contribution < 1.29 is 14.7 Å². The normalized spacial score (nSPS) is 13.6. The lowest BCUT2D eigenvalue weighted by atomic mass is 9.95. The predicted molar refractivity (Wildman–Crippen MR) is 287 cm³/mol. The van der Waals surface area contributed by atoms with E-state index < -0.39 is 18.1 Å². The maximum Gasteiger partial charge on any atom is 0.323 e. The summed E-state index contributed by atoms with van der Waals surface area (Å²) >= 11 is 7.56. The first-order valence-electron chi connectivity index (χ1n) is 22.1. The molecule has 0 bridgehead atoms. The number of thiazole rings is 1. The van der Waals surface area contributed by atoms with Crippen molar-refractivity contribution in [3.05, 3.63) is 240 Å². The van der Waals surface area contributed by atoms with E-state index in [0.717, 1.165) is 78.1 Å². The Morgan fingerprint density at radius 1 is 0.632 bits per heavy atom. The van der Waals surface area contributed by atoms with Crippen LogP contribution in [-0.2, 0) is 16.1 Å². The van der Waals surface area contributed by atoms with Gasteiger partial charge in [-0.05, 0) is 112 Å². The zero-order valence-corrected chi connectivity index (χ0v) is 39.7. The van der Waals surface area contributed by atoms with E-state index in [1.807, 2.05) is 43.3 Å². The van der Waals surface area contributed by atoms with E-state index in [9.17, 15) is 19.5 Å². The Balaban J connectivity index is 0.912. The molecule has 0 saturated carbocycles. The third-order valence-corrected chi connectivity index (χ3v) is 14.3. The Bertz CT molecular complexity index is 3340. The van der Waals surface area contributed by atoms with Crippen LogP contribution in [0.15, 0.2) is 187 Å². The van der Waals surface area contributed by atoms with Crippen LogP contribution in [-0.4, -0.2) is 37.3 Å². The number of carboxylic acids is 1. The number of hydrogen-bond acceptors (Lipinski definition) is 7. The molecular weight excluding hydrogens is 899 g/mol. The van der Waals surface area contributed by atoms with Gasteiger partial charge >= 0.3 is 5.97 Å². The molecule has 10 heteroatoms. The van der Waals surface area contributed by atoms with Gasteiger partial charge in [-0.15, -0.1) is 11.3 Å². The minimum Gasteiger partial charge on any atom is -0.480 e. The molecule has 1 N–H and O–H groups in total. The van der Waals surface area contributed by atoms with Crippen molar-refractivity contribution in [3.63, 3.8) is 0 Å². The summed E-state index contributed by atoms with van der Waals surface area (Å²) < 4.78 is 2.17. The van der Waals surface area contributed by atoms with Gasteiger partial charge in [-0.1, -0.05) is 187 Å². The molecule has 1 fully saturated rings. The highest BCUT2D eigenvalue weighted by atomic mass is 32.2. The summed E-state index contributed by atoms with van der Waals surface area (Å²) in [5.74, 6) is -1.49. The van der Waals surface area contributed by atoms with Crippen LogP contribution in [0.1, 0.15) is 45.9 Å². The first-order valence-corrected chi connectivity index (χ1v) is 24.1. The Morgan fingerprint density at radius 2 is 1.10 bits per heavy atom. The monoisotopic (exact) mass is 943 g/mol. The molecule has 1 amide bonds. The molecule has 334 valence electrons. The zero-order chi connectivity index (χ0) is 47.1. The fraction of sp³-hybridized carbons (Fsp3) is 0.0690. The summed E-state index contributed by atoms with van der Waals surface area (Å²) in [4.78, 5) is 42.2. The minimum atomic E-state index is -1.17. The predicted octanol–water partition coefficient (Wildman–Crippen LogP) is 12.0. The fourth-order valence-electron chi connectivity index (χ4n) is 8.00. The largest absolute Gasteiger partial charge is 0.480 e. The maximum absolute atomic E-state index is 13.4. The summed E-state index contributed by atoms with van der Waals surface area (Å²) in [6.07, 6.45) is 8.21. The Kier molecular flexibility index (Phi) is 13.7. The standard InChI is InChI=1S/C58H45N3O4S3/c1-3-59-56(65)54(68-58(59)66)57-60(38-53(62)63)55(64)52(67-57)37-43-20-28-45(29-21-43)44-26-18-40(19-27-44)16-17-41-22-32-49(33-23-41)61(48-30-14-39(2)15-31-48)50-34-24-42(25-35-50)36-51(46-10-6-4-7-11-46)47-12-8-5-9-13-47/h4-37H,3,38H2,1-2H3,(H,62,63)/b17-16+,52-37+,57-54-. The fourth-order valence-corrected chi connectivity index (χ4v) is 10.6. The van der Waals surface area contributed by atoms with Crippen molar-refractivity contribution in [3.8, 4) is 11.1 Å². The molecule has 0 atom stereocenters. The van der Waals surface area contributed by atoms with Gasteiger partial charge in [0.1, 0.15) is 20.4 Å². The summed E-state index contributed by atoms with van der Waals surface area (Å²) in [7, 11) is 0. The average molecular weight is 944 g/mol. The number of carbonyl (C=O) groups is 2. The van der Waals surface area contributed by atoms with Crippen LogP contribution in [0.4, 0.5) is 17.1 Å². The molecule has 7 aromatic carbocycles. The van der Waals surface area contributed by atoms with Gasteiger partial charge < -0.3 is 10.0 Å². The number of hydrogen-bond donors (Lipinski definition) is 1. The van der Waals surface area contributed by atoms with Gasteiger partial charge in [0.25, 0.3) is 11.5 Å². The van der Waals surface area contributed by atoms with Gasteiger partial charge in [-0.2, -0.15) is 0 Å². The van der Waals surface area contributed by atoms with Crippen molar-refractivity contribution in [2.75, 3.05) is 11.4 Å². The Hall–Kier alpha value is -7.63. The highest BCUT2D eigenvalue weighted by Gasteiger charge is 2.33. The number of nitrogens with zero attached hydrogens (tertiary/aromatic N) is 3. The quantitative estimate of drug-likeness (QED) is 0.0911. The molecule has 1 aliphatic heterocycles. The third kappa shape index (κ3) is 10.2. The van der Waals surface area contributed by atoms with E-state index in [-0.39, 0.29) is 10.8 Å². The second-order valence-electron chi connectivity index (χ2n) is 16.2. The van der Waals surface area contributed by atoms with E-state index in [2.05, 4.69) is 176 Å². The second kappa shape index (κ2) is 20.5. The van der Waals surface area contributed by atoms with E-state index in [1.54, 1.807) is 6.08 Å². The van der Waals surface area contributed by atoms with Gasteiger partial charge in [0, 0.05) is 23.6 Å². The smallest absolute Gasteiger partial charge is 0.323 e. The van der Waals surface area contributed by atoms with Crippen LogP contribution in [0.2, 0.25) is 0 Å². The molecule has 9 rings (SSSR count). The van der Waals surface area contributed by atoms with Crippen molar-refractivity contribution in [2.45, 2.75) is 20.4 Å². The molecule has 2 heterocycles. The molecule has 0 spiro atoms. The topological polar surface area (TPSA) is 82.9 Å². The molecule has 1 saturated heterocycles. The number of carbonyl (C=O) groups excluding carboxylic acids is 1. The number of aryl methyl sites for hydroxylation is 1. The second-order valence-corrected chi connectivity index (χ2v) is 18.8. The third-order valence-electron chi connectivity index (χ3n) is 11.6. The van der Waals surface area contributed by atoms with Crippen LogP contribution in [0, 0.1) is 6.92 Å². The van der Waals surface area contributed by atoms with Crippen LogP contribution in [0.25, 0.3) is 45.9 Å². The molecular formula is C58H45N3O4S3. The molecule has 1 aromatic heterocycles. The van der Waals surface area contributed by atoms with E-state index in [1.165, 1.54) is 27.2 Å². The average Bonchev–Trinajstić information content (AvgIpc) is 3.83. The zero-order valence-electron chi connectivity index (χ0n) is 37.3. The molecule has 0 radical (unpaired) electrons. The number of aliphatic carboxylic acids is 1. The Morgan fingerprint density at radius 3 is 1.59 bits per heavy atom. The highest BCUT2D eigenvalue weighted by molar-refractivity contribution is 8.30. The number of anilines is 3. The first kappa shape index (κ1) is 45.5. The van der Waals surface area contributed by atoms with Crippen LogP contribution < -0.4 is 19.7 Å². The highest BCUT2D eigenvalue weighted by Crippen LogP contribution is 2.36. The van der Waals surface area contributed by atoms with E-state index in [4.69, 9.17) is 12.2 Å². The van der Waals surface area contributed by atoms with Crippen LogP contribution in [0.5, 0.6) is 0 Å². The molecule has 68 heavy (non-hydrogen) atoms. The van der Waals surface area contributed by atoms with Crippen LogP contribution >= 0.6 is 35.3 Å². The number of carboxylic acid groups (broad SMARTS) is 1. The van der Waals surface area contributed by atoms with Gasteiger partial charge in [0.2, 0.25) is 0 Å². The lowest BCUT2D eigenvalue weighted by Gasteiger charge is -2.26. The molecule has 0 unspecified atom stereocenters. The number of amides is 1. The number of rotatable bonds is 13. The SMILES string of the molecule is CCN1C(=O)/C(=c2/s/c(=C/c3ccc(-c4ccc(/C=C/c5ccc(N(c6ccc(C)cc6)c6ccc(C=C(c7ccccc7)c7ccccc7)cc6)cc5)cc4)cc3)c(=O)n2CC(=O)O)SC1=S. The van der Waals surface area contributed by atoms with Gasteiger partial charge in [-0.3, -0.25) is 23.9 Å². The van der Waals surface area contributed by atoms with Gasteiger partial charge in [-0.25, -0.2) is 0 Å². The van der Waals surface area contributed by atoms with E-state index in [0.29, 0.717) is 20.1 Å². The molecule has 7 nitrogen and oxygen atoms in total. The summed E-state index contributed by atoms with van der Waals surface area (Å²) in [6, 6.07) is 63.2. The maximum atomic E-state index is 13.4. The van der Waals surface area contributed by atoms with Crippen LogP contribution in [0.3, 0.4) is 0 Å². The lowest BCUT2D eigenvalue weighted by molar-refractivity contribution is -0.137. The summed E-state index contributed by atoms with van der Waals surface area (Å²) in [5, 5.41) is 9.57. The number of aromatic nitrogens is 1. The van der Waals surface area contributed by atoms with Crippen molar-refractivity contribution in [2.24, 2.45) is 0 Å². The Labute approximate surface area is 408 Å². The molecule has 0 aliphatic carbocycles. The number of benzene rings is 7. The molecule has 8 aromatic rings. The van der Waals surface area contributed by atoms with Crippen molar-refractivity contribution in [1.29, 1.82) is 0 Å². The van der Waals surface area contributed by atoms with Crippen molar-refractivity contribution >= 4 is 103 Å². The van der Waals surface area contributed by atoms with Gasteiger partial charge in [0.15, 0.2) is 0 Å². The summed E-state index contributed by atoms with van der Waals surface area (Å²) in [5.41, 5.74) is 13.5. The number of thioether (sulfide) groups is 1. The summed E-state index contributed by atoms with van der Waals surface area (Å²) in [6.45, 7) is 3.75. The lowest BCUT2D eigenvalue weighted by Crippen LogP contribution is -2.35. The van der Waals surface area contributed by atoms with E-state index >= 15 is 0 Å². The van der Waals surface area contributed by atoms with Gasteiger partial charge in [0.05, 0.1) is 4.53 Å². The number of thiocarbonyl (C=S) groups is 1. The van der Waals surface area contributed by atoms with Crippen molar-refractivity contribution in [1.82, 2.24) is 9.47 Å². The molecule has 1 aliphatic rings.